The molecule has 2 aliphatic heterocycles. The van der Waals surface area contributed by atoms with Crippen LogP contribution in [0.15, 0.2) is 65.6 Å². The molecular formula is C25H22N2O6S. The normalized spacial score (nSPS) is 16.3. The van der Waals surface area contributed by atoms with Crippen LogP contribution in [-0.4, -0.2) is 32.9 Å². The zero-order chi connectivity index (χ0) is 24.0. The van der Waals surface area contributed by atoms with Gasteiger partial charge in [0.2, 0.25) is 6.79 Å². The van der Waals surface area contributed by atoms with E-state index in [2.05, 4.69) is 5.32 Å². The standard InChI is InChI=1S/C25H22N2O6S/c1-15-10-17-6-3-4-9-22(17)27(15)34(30,31)19-8-5-7-18(11-19)25(29)26-21-13-24-23(32-14-33-24)12-20(21)16(2)28/h3-9,11-13,15H,10,14H2,1-2H3,(H,26,29)/t15-/m1/s1. The van der Waals surface area contributed by atoms with Crippen LogP contribution in [0.5, 0.6) is 11.5 Å². The molecule has 3 aromatic rings. The molecule has 0 aromatic heterocycles. The summed E-state index contributed by atoms with van der Waals surface area (Å²) in [4.78, 5) is 25.2. The maximum atomic E-state index is 13.5. The first-order chi connectivity index (χ1) is 16.3. The van der Waals surface area contributed by atoms with E-state index in [0.717, 1.165) is 5.56 Å². The van der Waals surface area contributed by atoms with Crippen LogP contribution >= 0.6 is 0 Å². The largest absolute Gasteiger partial charge is 0.454 e. The lowest BCUT2D eigenvalue weighted by Crippen LogP contribution is -2.35. The highest BCUT2D eigenvalue weighted by atomic mass is 32.2. The van der Waals surface area contributed by atoms with Crippen LogP contribution < -0.4 is 19.1 Å². The van der Waals surface area contributed by atoms with Crippen LogP contribution in [0.1, 0.15) is 40.1 Å². The Bertz CT molecular complexity index is 1430. The lowest BCUT2D eigenvalue weighted by atomic mass is 10.1. The minimum atomic E-state index is -3.90. The monoisotopic (exact) mass is 478 g/mol. The smallest absolute Gasteiger partial charge is 0.264 e. The third-order valence-corrected chi connectivity index (χ3v) is 7.86. The summed E-state index contributed by atoms with van der Waals surface area (Å²) in [6, 6.07) is 16.1. The average molecular weight is 479 g/mol. The lowest BCUT2D eigenvalue weighted by Gasteiger charge is -2.24. The van der Waals surface area contributed by atoms with E-state index < -0.39 is 15.9 Å². The molecule has 0 bridgehead atoms. The molecule has 174 valence electrons. The topological polar surface area (TPSA) is 102 Å². The van der Waals surface area contributed by atoms with Crippen LogP contribution in [0.3, 0.4) is 0 Å². The molecule has 2 aliphatic rings. The number of anilines is 2. The minimum Gasteiger partial charge on any atom is -0.454 e. The van der Waals surface area contributed by atoms with E-state index in [1.54, 1.807) is 12.1 Å². The summed E-state index contributed by atoms with van der Waals surface area (Å²) in [7, 11) is -3.90. The van der Waals surface area contributed by atoms with Gasteiger partial charge in [0.05, 0.1) is 16.3 Å². The number of nitrogens with zero attached hydrogens (tertiary/aromatic N) is 1. The zero-order valence-corrected chi connectivity index (χ0v) is 19.4. The molecule has 0 spiro atoms. The lowest BCUT2D eigenvalue weighted by molar-refractivity contribution is 0.101. The van der Waals surface area contributed by atoms with E-state index in [1.165, 1.54) is 47.6 Å². The number of benzene rings is 3. The van der Waals surface area contributed by atoms with Crippen LogP contribution in [0.2, 0.25) is 0 Å². The van der Waals surface area contributed by atoms with Crippen LogP contribution in [0, 0.1) is 0 Å². The number of sulfonamides is 1. The van der Waals surface area contributed by atoms with Crippen molar-refractivity contribution < 1.29 is 27.5 Å². The second kappa shape index (κ2) is 8.18. The number of amides is 1. The van der Waals surface area contributed by atoms with E-state index >= 15 is 0 Å². The number of ketones is 1. The van der Waals surface area contributed by atoms with Crippen molar-refractivity contribution in [2.75, 3.05) is 16.4 Å². The molecular weight excluding hydrogens is 456 g/mol. The third-order valence-electron chi connectivity index (χ3n) is 5.94. The molecule has 0 radical (unpaired) electrons. The Labute approximate surface area is 197 Å². The van der Waals surface area contributed by atoms with Gasteiger partial charge in [-0.1, -0.05) is 24.3 Å². The number of nitrogens with one attached hydrogen (secondary N) is 1. The number of para-hydroxylation sites is 1. The van der Waals surface area contributed by atoms with E-state index in [-0.39, 0.29) is 40.3 Å². The number of hydrogen-bond donors (Lipinski definition) is 1. The highest BCUT2D eigenvalue weighted by Crippen LogP contribution is 2.38. The molecule has 9 heteroatoms. The third kappa shape index (κ3) is 3.67. The molecule has 34 heavy (non-hydrogen) atoms. The van der Waals surface area contributed by atoms with E-state index in [4.69, 9.17) is 9.47 Å². The van der Waals surface area contributed by atoms with Gasteiger partial charge in [0, 0.05) is 23.2 Å². The summed E-state index contributed by atoms with van der Waals surface area (Å²) < 4.78 is 39.1. The van der Waals surface area contributed by atoms with Crippen molar-refractivity contribution in [1.82, 2.24) is 0 Å². The van der Waals surface area contributed by atoms with Crippen molar-refractivity contribution in [3.8, 4) is 11.5 Å². The summed E-state index contributed by atoms with van der Waals surface area (Å²) in [5.41, 5.74) is 2.29. The van der Waals surface area contributed by atoms with Gasteiger partial charge in [-0.05, 0) is 56.2 Å². The zero-order valence-electron chi connectivity index (χ0n) is 18.6. The van der Waals surface area contributed by atoms with E-state index in [9.17, 15) is 18.0 Å². The predicted octanol–water partition coefficient (Wildman–Crippen LogP) is 4.01. The first-order valence-corrected chi connectivity index (χ1v) is 12.2. The Kier molecular flexibility index (Phi) is 5.28. The van der Waals surface area contributed by atoms with Crippen LogP contribution in [0.4, 0.5) is 11.4 Å². The summed E-state index contributed by atoms with van der Waals surface area (Å²) in [6.45, 7) is 3.27. The molecule has 0 aliphatic carbocycles. The highest BCUT2D eigenvalue weighted by Gasteiger charge is 2.36. The van der Waals surface area contributed by atoms with Gasteiger partial charge in [0.25, 0.3) is 15.9 Å². The van der Waals surface area contributed by atoms with Gasteiger partial charge in [0.15, 0.2) is 17.3 Å². The molecule has 1 atom stereocenters. The summed E-state index contributed by atoms with van der Waals surface area (Å²) >= 11 is 0. The number of Topliss-reactive ketones (excluding diaryl/α,β-unsaturated/α-hetero) is 1. The maximum Gasteiger partial charge on any atom is 0.264 e. The van der Waals surface area contributed by atoms with Gasteiger partial charge in [-0.2, -0.15) is 0 Å². The maximum absolute atomic E-state index is 13.5. The fourth-order valence-electron chi connectivity index (χ4n) is 4.35. The second-order valence-electron chi connectivity index (χ2n) is 8.27. The Morgan fingerprint density at radius 3 is 2.50 bits per heavy atom. The Morgan fingerprint density at radius 1 is 1.00 bits per heavy atom. The summed E-state index contributed by atoms with van der Waals surface area (Å²) in [5, 5.41) is 2.71. The number of fused-ring (bicyclic) bond motifs is 2. The predicted molar refractivity (Wildman–Crippen MR) is 126 cm³/mol. The number of rotatable bonds is 5. The fraction of sp³-hybridized carbons (Fsp3) is 0.200. The van der Waals surface area contributed by atoms with Crippen molar-refractivity contribution in [3.05, 3.63) is 77.4 Å². The van der Waals surface area contributed by atoms with Crippen molar-refractivity contribution in [2.24, 2.45) is 0 Å². The van der Waals surface area contributed by atoms with E-state index in [1.807, 2.05) is 19.1 Å². The number of ether oxygens (including phenoxy) is 2. The Hall–Kier alpha value is -3.85. The minimum absolute atomic E-state index is 0.0150. The van der Waals surface area contributed by atoms with Crippen LogP contribution in [-0.2, 0) is 16.4 Å². The molecule has 5 rings (SSSR count). The van der Waals surface area contributed by atoms with Gasteiger partial charge < -0.3 is 14.8 Å². The molecule has 0 saturated heterocycles. The van der Waals surface area contributed by atoms with Gasteiger partial charge in [-0.3, -0.25) is 13.9 Å². The SMILES string of the molecule is CC(=O)c1cc2c(cc1NC(=O)c1cccc(S(=O)(=O)N3c4ccccc4C[C@H]3C)c1)OCO2. The van der Waals surface area contributed by atoms with Gasteiger partial charge in [0.1, 0.15) is 0 Å². The van der Waals surface area contributed by atoms with Crippen molar-refractivity contribution in [3.63, 3.8) is 0 Å². The van der Waals surface area contributed by atoms with Crippen molar-refractivity contribution in [2.45, 2.75) is 31.2 Å². The second-order valence-corrected chi connectivity index (χ2v) is 10.1. The van der Waals surface area contributed by atoms with E-state index in [0.29, 0.717) is 23.6 Å². The first-order valence-electron chi connectivity index (χ1n) is 10.7. The quantitative estimate of drug-likeness (QED) is 0.556. The van der Waals surface area contributed by atoms with Crippen molar-refractivity contribution in [1.29, 1.82) is 0 Å². The Balaban J connectivity index is 1.46. The number of carbonyl (C=O) groups excluding carboxylic acids is 2. The highest BCUT2D eigenvalue weighted by molar-refractivity contribution is 7.92. The van der Waals surface area contributed by atoms with Gasteiger partial charge in [-0.25, -0.2) is 8.42 Å². The van der Waals surface area contributed by atoms with Crippen molar-refractivity contribution >= 4 is 33.1 Å². The molecule has 8 nitrogen and oxygen atoms in total. The average Bonchev–Trinajstić information content (AvgIpc) is 3.41. The molecule has 0 fully saturated rings. The first kappa shape index (κ1) is 22.0. The summed E-state index contributed by atoms with van der Waals surface area (Å²) in [6.07, 6.45) is 0.619. The Morgan fingerprint density at radius 2 is 1.74 bits per heavy atom. The molecule has 0 saturated carbocycles. The molecule has 1 N–H and O–H groups in total. The van der Waals surface area contributed by atoms with Gasteiger partial charge >= 0.3 is 0 Å². The van der Waals surface area contributed by atoms with Gasteiger partial charge in [-0.15, -0.1) is 0 Å². The molecule has 3 aromatic carbocycles. The number of hydrogen-bond acceptors (Lipinski definition) is 6. The molecule has 1 amide bonds. The fourth-order valence-corrected chi connectivity index (χ4v) is 6.08. The molecule has 2 heterocycles. The summed E-state index contributed by atoms with van der Waals surface area (Å²) in [5.74, 6) is 0.0366. The van der Waals surface area contributed by atoms with Crippen LogP contribution in [0.25, 0.3) is 0 Å². The molecule has 0 unspecified atom stereocenters. The number of carbonyl (C=O) groups is 2.